The molecule has 0 fully saturated rings. The van der Waals surface area contributed by atoms with Crippen LogP contribution in [0.2, 0.25) is 0 Å². The molecule has 2 rings (SSSR count). The fourth-order valence-corrected chi connectivity index (χ4v) is 2.86. The molecule has 132 valence electrons. The Kier molecular flexibility index (Phi) is 7.09. The Hall–Kier alpha value is -2.04. The third-order valence-electron chi connectivity index (χ3n) is 4.19. The molecule has 1 N–H and O–H groups in total. The molecule has 0 unspecified atom stereocenters. The predicted molar refractivity (Wildman–Crippen MR) is 95.4 cm³/mol. The first kappa shape index (κ1) is 18.3. The molecule has 0 atom stereocenters. The lowest BCUT2D eigenvalue weighted by Crippen LogP contribution is -2.43. The standard InChI is InChI=1S/C19H28N2O3/c1-3-4-5-6-7-8-11-20-18(22)13-21-14-19(23)24-17-12-15(2)9-10-16(17)21/h9-10,12H,3-8,11,13-14H2,1-2H3,(H,20,22). The number of benzene rings is 1. The molecule has 1 aromatic carbocycles. The number of nitrogens with one attached hydrogen (secondary N) is 1. The monoisotopic (exact) mass is 332 g/mol. The van der Waals surface area contributed by atoms with Gasteiger partial charge >= 0.3 is 5.97 Å². The SMILES string of the molecule is CCCCCCCCNC(=O)CN1CC(=O)Oc2cc(C)ccc21. The average molecular weight is 332 g/mol. The molecule has 0 bridgehead atoms. The minimum atomic E-state index is -0.322. The number of hydrogen-bond donors (Lipinski definition) is 1. The van der Waals surface area contributed by atoms with Gasteiger partial charge in [0, 0.05) is 6.54 Å². The van der Waals surface area contributed by atoms with Crippen molar-refractivity contribution in [2.75, 3.05) is 24.5 Å². The summed E-state index contributed by atoms with van der Waals surface area (Å²) < 4.78 is 5.26. The van der Waals surface area contributed by atoms with Crippen LogP contribution < -0.4 is 15.0 Å². The maximum Gasteiger partial charge on any atom is 0.331 e. The molecule has 5 heteroatoms. The molecule has 0 saturated heterocycles. The van der Waals surface area contributed by atoms with E-state index in [1.165, 1.54) is 25.7 Å². The Bertz CT molecular complexity index is 572. The maximum atomic E-state index is 12.1. The Morgan fingerprint density at radius 1 is 1.21 bits per heavy atom. The van der Waals surface area contributed by atoms with Gasteiger partial charge < -0.3 is 15.0 Å². The lowest BCUT2D eigenvalue weighted by molar-refractivity contribution is -0.133. The first-order valence-corrected chi connectivity index (χ1v) is 8.93. The zero-order valence-electron chi connectivity index (χ0n) is 14.8. The van der Waals surface area contributed by atoms with Crippen molar-refractivity contribution in [2.45, 2.75) is 52.4 Å². The van der Waals surface area contributed by atoms with Crippen molar-refractivity contribution in [3.8, 4) is 5.75 Å². The Labute approximate surface area is 144 Å². The van der Waals surface area contributed by atoms with Crippen LogP contribution in [0.5, 0.6) is 5.75 Å². The lowest BCUT2D eigenvalue weighted by Gasteiger charge is -2.29. The molecule has 0 aromatic heterocycles. The lowest BCUT2D eigenvalue weighted by atomic mass is 10.1. The van der Waals surface area contributed by atoms with E-state index < -0.39 is 0 Å². The van der Waals surface area contributed by atoms with Crippen LogP contribution in [0, 0.1) is 6.92 Å². The smallest absolute Gasteiger partial charge is 0.331 e. The van der Waals surface area contributed by atoms with Crippen LogP contribution in [0.1, 0.15) is 51.0 Å². The number of carbonyl (C=O) groups excluding carboxylic acids is 2. The third kappa shape index (κ3) is 5.55. The molecule has 0 aliphatic carbocycles. The first-order valence-electron chi connectivity index (χ1n) is 8.93. The third-order valence-corrected chi connectivity index (χ3v) is 4.19. The summed E-state index contributed by atoms with van der Waals surface area (Å²) in [4.78, 5) is 25.6. The number of ether oxygens (including phenoxy) is 1. The number of esters is 1. The molecule has 1 amide bonds. The van der Waals surface area contributed by atoms with Gasteiger partial charge in [0.15, 0.2) is 5.75 Å². The summed E-state index contributed by atoms with van der Waals surface area (Å²) >= 11 is 0. The van der Waals surface area contributed by atoms with E-state index in [0.717, 1.165) is 24.1 Å². The fourth-order valence-electron chi connectivity index (χ4n) is 2.86. The number of carbonyl (C=O) groups is 2. The van der Waals surface area contributed by atoms with E-state index in [2.05, 4.69) is 12.2 Å². The Morgan fingerprint density at radius 2 is 1.96 bits per heavy atom. The second-order valence-electron chi connectivity index (χ2n) is 6.42. The van der Waals surface area contributed by atoms with Crippen molar-refractivity contribution in [3.63, 3.8) is 0 Å². The highest BCUT2D eigenvalue weighted by Crippen LogP contribution is 2.32. The first-order chi connectivity index (χ1) is 11.6. The van der Waals surface area contributed by atoms with Crippen LogP contribution >= 0.6 is 0 Å². The summed E-state index contributed by atoms with van der Waals surface area (Å²) in [7, 11) is 0. The van der Waals surface area contributed by atoms with E-state index in [1.807, 2.05) is 25.1 Å². The van der Waals surface area contributed by atoms with Crippen LogP contribution in [-0.2, 0) is 9.59 Å². The molecule has 1 aliphatic heterocycles. The summed E-state index contributed by atoms with van der Waals surface area (Å²) in [5, 5.41) is 2.95. The number of nitrogens with zero attached hydrogens (tertiary/aromatic N) is 1. The molecule has 0 radical (unpaired) electrons. The molecular weight excluding hydrogens is 304 g/mol. The number of hydrogen-bond acceptors (Lipinski definition) is 4. The van der Waals surface area contributed by atoms with E-state index in [0.29, 0.717) is 12.3 Å². The largest absolute Gasteiger partial charge is 0.423 e. The molecule has 1 aromatic rings. The van der Waals surface area contributed by atoms with Crippen molar-refractivity contribution in [3.05, 3.63) is 23.8 Å². The normalized spacial score (nSPS) is 13.4. The van der Waals surface area contributed by atoms with Gasteiger partial charge in [-0.1, -0.05) is 45.1 Å². The van der Waals surface area contributed by atoms with Gasteiger partial charge in [0.2, 0.25) is 5.91 Å². The molecule has 24 heavy (non-hydrogen) atoms. The number of amides is 1. The molecule has 0 spiro atoms. The van der Waals surface area contributed by atoms with Gasteiger partial charge in [0.25, 0.3) is 0 Å². The van der Waals surface area contributed by atoms with Gasteiger partial charge in [0.1, 0.15) is 6.54 Å². The Balaban J connectivity index is 1.77. The van der Waals surface area contributed by atoms with E-state index in [1.54, 1.807) is 4.90 Å². The van der Waals surface area contributed by atoms with Crippen LogP contribution in [0.3, 0.4) is 0 Å². The van der Waals surface area contributed by atoms with Gasteiger partial charge in [-0.25, -0.2) is 4.79 Å². The minimum Gasteiger partial charge on any atom is -0.423 e. The average Bonchev–Trinajstić information content (AvgIpc) is 2.53. The molecule has 1 heterocycles. The summed E-state index contributed by atoms with van der Waals surface area (Å²) in [6.07, 6.45) is 7.20. The van der Waals surface area contributed by atoms with Gasteiger partial charge in [-0.05, 0) is 31.0 Å². The highest BCUT2D eigenvalue weighted by molar-refractivity contribution is 5.89. The van der Waals surface area contributed by atoms with E-state index >= 15 is 0 Å². The number of anilines is 1. The summed E-state index contributed by atoms with van der Waals surface area (Å²) in [6, 6.07) is 5.69. The number of aryl methyl sites for hydroxylation is 1. The maximum absolute atomic E-state index is 12.1. The molecule has 5 nitrogen and oxygen atoms in total. The van der Waals surface area contributed by atoms with Crippen molar-refractivity contribution in [1.29, 1.82) is 0 Å². The fraction of sp³-hybridized carbons (Fsp3) is 0.579. The highest BCUT2D eigenvalue weighted by Gasteiger charge is 2.25. The van der Waals surface area contributed by atoms with Gasteiger partial charge in [0.05, 0.1) is 12.2 Å². The summed E-state index contributed by atoms with van der Waals surface area (Å²) in [5.74, 6) is 0.164. The van der Waals surface area contributed by atoms with Crippen molar-refractivity contribution < 1.29 is 14.3 Å². The molecular formula is C19H28N2O3. The quantitative estimate of drug-likeness (QED) is 0.429. The predicted octanol–water partition coefficient (Wildman–Crippen LogP) is 3.20. The number of fused-ring (bicyclic) bond motifs is 1. The van der Waals surface area contributed by atoms with Crippen LogP contribution in [-0.4, -0.2) is 31.5 Å². The van der Waals surface area contributed by atoms with Crippen LogP contribution in [0.4, 0.5) is 5.69 Å². The second-order valence-corrected chi connectivity index (χ2v) is 6.42. The molecule has 1 aliphatic rings. The number of unbranched alkanes of at least 4 members (excludes halogenated alkanes) is 5. The van der Waals surface area contributed by atoms with Gasteiger partial charge in [-0.15, -0.1) is 0 Å². The van der Waals surface area contributed by atoms with Crippen molar-refractivity contribution in [1.82, 2.24) is 5.32 Å². The topological polar surface area (TPSA) is 58.6 Å². The summed E-state index contributed by atoms with van der Waals surface area (Å²) in [6.45, 7) is 5.14. The van der Waals surface area contributed by atoms with Crippen LogP contribution in [0.25, 0.3) is 0 Å². The van der Waals surface area contributed by atoms with E-state index in [4.69, 9.17) is 4.74 Å². The number of rotatable bonds is 9. The highest BCUT2D eigenvalue weighted by atomic mass is 16.5. The minimum absolute atomic E-state index is 0.0511. The van der Waals surface area contributed by atoms with Crippen LogP contribution in [0.15, 0.2) is 18.2 Å². The van der Waals surface area contributed by atoms with Gasteiger partial charge in [-0.2, -0.15) is 0 Å². The molecule has 0 saturated carbocycles. The van der Waals surface area contributed by atoms with E-state index in [-0.39, 0.29) is 25.0 Å². The zero-order valence-corrected chi connectivity index (χ0v) is 14.8. The van der Waals surface area contributed by atoms with Gasteiger partial charge in [-0.3, -0.25) is 4.79 Å². The zero-order chi connectivity index (χ0) is 17.4. The van der Waals surface area contributed by atoms with Crippen molar-refractivity contribution in [2.24, 2.45) is 0 Å². The second kappa shape index (κ2) is 9.30. The summed E-state index contributed by atoms with van der Waals surface area (Å²) in [5.41, 5.74) is 1.82. The van der Waals surface area contributed by atoms with E-state index in [9.17, 15) is 9.59 Å². The van der Waals surface area contributed by atoms with Crippen molar-refractivity contribution >= 4 is 17.6 Å². The Morgan fingerprint density at radius 3 is 2.75 bits per heavy atom.